The van der Waals surface area contributed by atoms with E-state index in [-0.39, 0.29) is 5.95 Å². The molecule has 2 rings (SSSR count). The van der Waals surface area contributed by atoms with Gasteiger partial charge in [-0.1, -0.05) is 12.2 Å². The quantitative estimate of drug-likeness (QED) is 0.548. The molecular weight excluding hydrogens is 230 g/mol. The highest BCUT2D eigenvalue weighted by molar-refractivity contribution is 7.71. The number of nitrogen functional groups attached to an aromatic ring is 1. The number of aromatic nitrogens is 4. The second-order valence-electron chi connectivity index (χ2n) is 3.43. The number of nitrogens with one attached hydrogen (secondary N) is 1. The number of aliphatic hydroxyl groups excluding tert-OH is 2. The van der Waals surface area contributed by atoms with Crippen molar-refractivity contribution in [3.8, 4) is 0 Å². The number of fused-ring (bicyclic) bond motifs is 1. The zero-order valence-electron chi connectivity index (χ0n) is 8.45. The molecule has 2 atom stereocenters. The van der Waals surface area contributed by atoms with E-state index in [9.17, 15) is 10.2 Å². The van der Waals surface area contributed by atoms with Crippen molar-refractivity contribution in [2.24, 2.45) is 0 Å². The van der Waals surface area contributed by atoms with Crippen LogP contribution in [-0.4, -0.2) is 35.8 Å². The molecule has 2 aromatic heterocycles. The molecule has 1 unspecified atom stereocenters. The molecule has 5 N–H and O–H groups in total. The van der Waals surface area contributed by atoms with E-state index in [4.69, 9.17) is 18.0 Å². The molecule has 0 saturated heterocycles. The Balaban J connectivity index is 2.69. The summed E-state index contributed by atoms with van der Waals surface area (Å²) in [6.07, 6.45) is -0.718. The topological polar surface area (TPSA) is 113 Å². The van der Waals surface area contributed by atoms with Gasteiger partial charge in [0.25, 0.3) is 0 Å². The van der Waals surface area contributed by atoms with Gasteiger partial charge >= 0.3 is 0 Å². The average Bonchev–Trinajstić information content (AvgIpc) is 2.60. The minimum absolute atomic E-state index is 0.136. The van der Waals surface area contributed by atoms with Gasteiger partial charge in [0.05, 0.1) is 12.4 Å². The maximum atomic E-state index is 9.71. The van der Waals surface area contributed by atoms with Gasteiger partial charge in [-0.3, -0.25) is 4.57 Å². The number of aliphatic hydroxyl groups is 2. The molecule has 0 fully saturated rings. The number of nitrogens with two attached hydrogens (primary N) is 1. The van der Waals surface area contributed by atoms with E-state index in [0.717, 1.165) is 0 Å². The third-order valence-electron chi connectivity index (χ3n) is 2.17. The van der Waals surface area contributed by atoms with Crippen LogP contribution in [0.25, 0.3) is 11.2 Å². The second kappa shape index (κ2) is 3.81. The highest BCUT2D eigenvalue weighted by Gasteiger charge is 2.17. The van der Waals surface area contributed by atoms with Crippen molar-refractivity contribution in [3.05, 3.63) is 11.0 Å². The van der Waals surface area contributed by atoms with E-state index < -0.39 is 12.3 Å². The van der Waals surface area contributed by atoms with Gasteiger partial charge in [0.1, 0.15) is 10.2 Å². The van der Waals surface area contributed by atoms with E-state index in [1.54, 1.807) is 0 Å². The van der Waals surface area contributed by atoms with Crippen LogP contribution in [0, 0.1) is 4.64 Å². The first-order valence-corrected chi connectivity index (χ1v) is 5.00. The zero-order valence-corrected chi connectivity index (χ0v) is 9.27. The molecule has 0 aliphatic heterocycles. The minimum Gasteiger partial charge on any atom is -0.389 e. The Morgan fingerprint density at radius 1 is 1.56 bits per heavy atom. The van der Waals surface area contributed by atoms with Crippen LogP contribution in [0.4, 0.5) is 5.95 Å². The first-order valence-electron chi connectivity index (χ1n) is 4.59. The number of rotatable bonds is 2. The lowest BCUT2D eigenvalue weighted by Gasteiger charge is -2.15. The standard InChI is InChI=1S/C8H11N5O2S/c1-3(14)7(15)13-2-10-4-5(13)11-8(9)12-6(4)16/h2-3,7,14-15H,1H3,(H3,9,11,12,16)/t3?,7-/m1/s1. The smallest absolute Gasteiger partial charge is 0.200 e. The van der Waals surface area contributed by atoms with Crippen molar-refractivity contribution in [3.63, 3.8) is 0 Å². The summed E-state index contributed by atoms with van der Waals surface area (Å²) in [6.45, 7) is 1.46. The van der Waals surface area contributed by atoms with Gasteiger partial charge in [-0.05, 0) is 6.92 Å². The molecule has 0 aliphatic carbocycles. The Morgan fingerprint density at radius 2 is 2.25 bits per heavy atom. The molecular formula is C8H11N5O2S. The van der Waals surface area contributed by atoms with Crippen molar-refractivity contribution in [2.75, 3.05) is 5.73 Å². The minimum atomic E-state index is -1.13. The van der Waals surface area contributed by atoms with Crippen LogP contribution in [0.5, 0.6) is 0 Å². The van der Waals surface area contributed by atoms with E-state index in [2.05, 4.69) is 15.0 Å². The third-order valence-corrected chi connectivity index (χ3v) is 2.46. The molecule has 16 heavy (non-hydrogen) atoms. The van der Waals surface area contributed by atoms with Crippen LogP contribution in [-0.2, 0) is 0 Å². The average molecular weight is 241 g/mol. The van der Waals surface area contributed by atoms with E-state index >= 15 is 0 Å². The lowest BCUT2D eigenvalue weighted by molar-refractivity contribution is -0.0155. The maximum Gasteiger partial charge on any atom is 0.200 e. The highest BCUT2D eigenvalue weighted by Crippen LogP contribution is 2.17. The lowest BCUT2D eigenvalue weighted by Crippen LogP contribution is -2.20. The number of hydrogen-bond acceptors (Lipinski definition) is 6. The van der Waals surface area contributed by atoms with Crippen LogP contribution in [0.15, 0.2) is 6.33 Å². The summed E-state index contributed by atoms with van der Waals surface area (Å²) in [5.41, 5.74) is 6.29. The summed E-state index contributed by atoms with van der Waals surface area (Å²) in [5.74, 6) is 0.136. The molecule has 86 valence electrons. The molecule has 0 spiro atoms. The van der Waals surface area contributed by atoms with Gasteiger partial charge in [0.15, 0.2) is 11.9 Å². The second-order valence-corrected chi connectivity index (χ2v) is 3.84. The zero-order chi connectivity index (χ0) is 11.9. The van der Waals surface area contributed by atoms with Crippen molar-refractivity contribution >= 4 is 29.3 Å². The summed E-state index contributed by atoms with van der Waals surface area (Å²) >= 11 is 5.01. The number of hydrogen-bond donors (Lipinski definition) is 4. The van der Waals surface area contributed by atoms with Gasteiger partial charge in [-0.25, -0.2) is 4.98 Å². The predicted molar refractivity (Wildman–Crippen MR) is 60.1 cm³/mol. The van der Waals surface area contributed by atoms with E-state index in [1.807, 2.05) is 0 Å². The summed E-state index contributed by atoms with van der Waals surface area (Å²) < 4.78 is 1.67. The number of imidazole rings is 1. The van der Waals surface area contributed by atoms with Crippen molar-refractivity contribution in [1.82, 2.24) is 19.5 Å². The molecule has 0 amide bonds. The van der Waals surface area contributed by atoms with Gasteiger partial charge in [0.2, 0.25) is 5.95 Å². The number of anilines is 1. The fourth-order valence-corrected chi connectivity index (χ4v) is 1.62. The fourth-order valence-electron chi connectivity index (χ4n) is 1.37. The molecule has 2 heterocycles. The normalized spacial score (nSPS) is 15.2. The third kappa shape index (κ3) is 1.66. The lowest BCUT2D eigenvalue weighted by atomic mass is 10.3. The van der Waals surface area contributed by atoms with Crippen LogP contribution in [0.3, 0.4) is 0 Å². The Hall–Kier alpha value is -1.51. The van der Waals surface area contributed by atoms with Gasteiger partial charge < -0.3 is 20.9 Å². The largest absolute Gasteiger partial charge is 0.389 e. The molecule has 0 aliphatic rings. The Morgan fingerprint density at radius 3 is 2.88 bits per heavy atom. The predicted octanol–water partition coefficient (Wildman–Crippen LogP) is -0.0572. The number of H-pyrrole nitrogens is 1. The van der Waals surface area contributed by atoms with Crippen LogP contribution in [0.1, 0.15) is 13.2 Å². The molecule has 7 nitrogen and oxygen atoms in total. The molecule has 2 aromatic rings. The van der Waals surface area contributed by atoms with Gasteiger partial charge in [-0.15, -0.1) is 0 Å². The molecule has 0 saturated carbocycles. The van der Waals surface area contributed by atoms with Gasteiger partial charge in [0, 0.05) is 0 Å². The summed E-state index contributed by atoms with van der Waals surface area (Å²) in [6, 6.07) is 0. The number of aromatic amines is 1. The summed E-state index contributed by atoms with van der Waals surface area (Å²) in [4.78, 5) is 10.6. The van der Waals surface area contributed by atoms with E-state index in [0.29, 0.717) is 15.8 Å². The summed E-state index contributed by atoms with van der Waals surface area (Å²) in [7, 11) is 0. The van der Waals surface area contributed by atoms with E-state index in [1.165, 1.54) is 17.8 Å². The van der Waals surface area contributed by atoms with Crippen molar-refractivity contribution in [1.29, 1.82) is 0 Å². The first-order chi connectivity index (χ1) is 7.50. The Labute approximate surface area is 95.6 Å². The van der Waals surface area contributed by atoms with Crippen LogP contribution >= 0.6 is 12.2 Å². The monoisotopic (exact) mass is 241 g/mol. The molecule has 0 radical (unpaired) electrons. The van der Waals surface area contributed by atoms with Gasteiger partial charge in [-0.2, -0.15) is 4.98 Å². The molecule has 0 bridgehead atoms. The maximum absolute atomic E-state index is 9.71. The van der Waals surface area contributed by atoms with Crippen LogP contribution < -0.4 is 5.73 Å². The highest BCUT2D eigenvalue weighted by atomic mass is 32.1. The van der Waals surface area contributed by atoms with Crippen molar-refractivity contribution < 1.29 is 10.2 Å². The molecule has 8 heteroatoms. The Kier molecular flexibility index (Phi) is 2.62. The SMILES string of the molecule is CC(O)[C@@H](O)n1cnc2c(=S)[nH]c(N)nc21. The molecule has 0 aromatic carbocycles. The number of nitrogens with zero attached hydrogens (tertiary/aromatic N) is 3. The Bertz CT molecular complexity index is 575. The summed E-state index contributed by atoms with van der Waals surface area (Å²) in [5, 5.41) is 19.0. The fraction of sp³-hybridized carbons (Fsp3) is 0.375. The van der Waals surface area contributed by atoms with Crippen molar-refractivity contribution in [2.45, 2.75) is 19.3 Å². The van der Waals surface area contributed by atoms with Crippen LogP contribution in [0.2, 0.25) is 0 Å². The first kappa shape index (κ1) is 11.0.